The van der Waals surface area contributed by atoms with Crippen LogP contribution in [0.3, 0.4) is 0 Å². The quantitative estimate of drug-likeness (QED) is 0.334. The smallest absolute Gasteiger partial charge is 0.306 e. The van der Waals surface area contributed by atoms with Gasteiger partial charge in [0.2, 0.25) is 0 Å². The lowest BCUT2D eigenvalue weighted by Crippen LogP contribution is -2.11. The number of esters is 2. The van der Waals surface area contributed by atoms with Gasteiger partial charge in [-0.15, -0.1) is 23.2 Å². The van der Waals surface area contributed by atoms with Gasteiger partial charge in [0.25, 0.3) is 0 Å². The molecule has 0 bridgehead atoms. The number of ether oxygens (including phenoxy) is 2. The highest BCUT2D eigenvalue weighted by Gasteiger charge is 2.08. The molecule has 18 heavy (non-hydrogen) atoms. The summed E-state index contributed by atoms with van der Waals surface area (Å²) in [4.78, 5) is 22.4. The third-order valence-electron chi connectivity index (χ3n) is 2.12. The maximum atomic E-state index is 11.2. The van der Waals surface area contributed by atoms with Crippen LogP contribution in [0.5, 0.6) is 0 Å². The maximum Gasteiger partial charge on any atom is 0.306 e. The zero-order chi connectivity index (χ0) is 13.6. The van der Waals surface area contributed by atoms with Gasteiger partial charge in [0.1, 0.15) is 0 Å². The van der Waals surface area contributed by atoms with Crippen LogP contribution in [0.4, 0.5) is 0 Å². The van der Waals surface area contributed by atoms with Crippen molar-refractivity contribution in [2.75, 3.05) is 25.0 Å². The molecular weight excluding hydrogens is 279 g/mol. The van der Waals surface area contributed by atoms with Crippen molar-refractivity contribution >= 4 is 35.1 Å². The topological polar surface area (TPSA) is 52.6 Å². The number of carbonyl (C=O) groups excluding carboxylic acids is 2. The fourth-order valence-electron chi connectivity index (χ4n) is 1.11. The molecule has 0 aliphatic rings. The molecule has 0 rings (SSSR count). The largest absolute Gasteiger partial charge is 0.466 e. The average Bonchev–Trinajstić information content (AvgIpc) is 2.37. The molecule has 0 atom stereocenters. The van der Waals surface area contributed by atoms with Gasteiger partial charge in [0, 0.05) is 11.8 Å². The Balaban J connectivity index is 3.39. The molecule has 0 aromatic heterocycles. The van der Waals surface area contributed by atoms with Gasteiger partial charge in [-0.05, 0) is 25.7 Å². The van der Waals surface area contributed by atoms with E-state index in [-0.39, 0.29) is 24.8 Å². The molecule has 0 spiro atoms. The third kappa shape index (κ3) is 12.0. The monoisotopic (exact) mass is 298 g/mol. The van der Waals surface area contributed by atoms with Crippen molar-refractivity contribution in [1.29, 1.82) is 0 Å². The van der Waals surface area contributed by atoms with Crippen molar-refractivity contribution in [3.63, 3.8) is 0 Å². The van der Waals surface area contributed by atoms with Crippen molar-refractivity contribution in [3.8, 4) is 0 Å². The molecule has 0 saturated carbocycles. The molecular formula is C12H20Cl2O4. The average molecular weight is 299 g/mol. The number of carbonyl (C=O) groups is 2. The van der Waals surface area contributed by atoms with E-state index in [1.165, 1.54) is 0 Å². The molecule has 0 aliphatic carbocycles. The van der Waals surface area contributed by atoms with Gasteiger partial charge in [-0.1, -0.05) is 0 Å². The lowest BCUT2D eigenvalue weighted by Gasteiger charge is -2.05. The minimum atomic E-state index is -0.373. The van der Waals surface area contributed by atoms with Gasteiger partial charge in [-0.25, -0.2) is 0 Å². The molecule has 0 aliphatic heterocycles. The highest BCUT2D eigenvalue weighted by atomic mass is 35.5. The Morgan fingerprint density at radius 1 is 0.722 bits per heavy atom. The fraction of sp³-hybridized carbons (Fsp3) is 0.833. The number of hydrogen-bond donors (Lipinski definition) is 0. The second kappa shape index (κ2) is 13.0. The Bertz CT molecular complexity index is 210. The second-order valence-electron chi connectivity index (χ2n) is 3.73. The highest BCUT2D eigenvalue weighted by Crippen LogP contribution is 2.00. The molecule has 0 aromatic rings. The first-order chi connectivity index (χ1) is 8.70. The first kappa shape index (κ1) is 17.5. The maximum absolute atomic E-state index is 11.2. The van der Waals surface area contributed by atoms with Crippen molar-refractivity contribution in [2.24, 2.45) is 0 Å². The Hall–Kier alpha value is -0.480. The lowest BCUT2D eigenvalue weighted by molar-refractivity contribution is -0.150. The summed E-state index contributed by atoms with van der Waals surface area (Å²) >= 11 is 11.0. The predicted octanol–water partition coefficient (Wildman–Crippen LogP) is 2.89. The fourth-order valence-corrected chi connectivity index (χ4v) is 1.49. The van der Waals surface area contributed by atoms with Crippen molar-refractivity contribution < 1.29 is 19.1 Å². The first-order valence-corrected chi connectivity index (χ1v) is 7.20. The summed E-state index contributed by atoms with van der Waals surface area (Å²) < 4.78 is 9.83. The van der Waals surface area contributed by atoms with Crippen LogP contribution in [0.1, 0.15) is 38.5 Å². The second-order valence-corrected chi connectivity index (χ2v) is 4.49. The van der Waals surface area contributed by atoms with E-state index in [2.05, 4.69) is 0 Å². The SMILES string of the molecule is O=C(CCC(=O)OCCCCCl)OCCCCCl. The number of rotatable bonds is 11. The zero-order valence-electron chi connectivity index (χ0n) is 10.5. The Morgan fingerprint density at radius 3 is 1.44 bits per heavy atom. The molecule has 0 radical (unpaired) electrons. The molecule has 0 amide bonds. The van der Waals surface area contributed by atoms with E-state index in [1.54, 1.807) is 0 Å². The minimum absolute atomic E-state index is 0.0647. The van der Waals surface area contributed by atoms with Crippen molar-refractivity contribution in [3.05, 3.63) is 0 Å². The summed E-state index contributed by atoms with van der Waals surface area (Å²) in [6, 6.07) is 0. The Labute approximate surface area is 118 Å². The highest BCUT2D eigenvalue weighted by molar-refractivity contribution is 6.18. The van der Waals surface area contributed by atoms with Crippen LogP contribution < -0.4 is 0 Å². The van der Waals surface area contributed by atoms with Gasteiger partial charge in [0.15, 0.2) is 0 Å². The number of halogens is 2. The molecule has 0 aromatic carbocycles. The van der Waals surface area contributed by atoms with Gasteiger partial charge >= 0.3 is 11.9 Å². The molecule has 0 saturated heterocycles. The van der Waals surface area contributed by atoms with Crippen LogP contribution >= 0.6 is 23.2 Å². The summed E-state index contributed by atoms with van der Waals surface area (Å²) in [5.74, 6) is 0.378. The van der Waals surface area contributed by atoms with Crippen molar-refractivity contribution in [1.82, 2.24) is 0 Å². The van der Waals surface area contributed by atoms with Crippen LogP contribution in [0.15, 0.2) is 0 Å². The van der Waals surface area contributed by atoms with Crippen molar-refractivity contribution in [2.45, 2.75) is 38.5 Å². The first-order valence-electron chi connectivity index (χ1n) is 6.14. The van der Waals surface area contributed by atoms with E-state index in [0.717, 1.165) is 25.7 Å². The Morgan fingerprint density at radius 2 is 1.11 bits per heavy atom. The predicted molar refractivity (Wildman–Crippen MR) is 71.1 cm³/mol. The summed E-state index contributed by atoms with van der Waals surface area (Å²) in [5.41, 5.74) is 0. The lowest BCUT2D eigenvalue weighted by atomic mass is 10.3. The van der Waals surface area contributed by atoms with Gasteiger partial charge in [0.05, 0.1) is 26.1 Å². The molecule has 0 heterocycles. The molecule has 6 heteroatoms. The summed E-state index contributed by atoms with van der Waals surface area (Å²) in [6.45, 7) is 0.715. The summed E-state index contributed by atoms with van der Waals surface area (Å²) in [7, 11) is 0. The van der Waals surface area contributed by atoms with E-state index in [1.807, 2.05) is 0 Å². The Kier molecular flexibility index (Phi) is 12.6. The van der Waals surface area contributed by atoms with Crippen LogP contribution in [-0.4, -0.2) is 36.9 Å². The van der Waals surface area contributed by atoms with E-state index in [4.69, 9.17) is 32.7 Å². The third-order valence-corrected chi connectivity index (χ3v) is 2.65. The van der Waals surface area contributed by atoms with Crippen LogP contribution in [0, 0.1) is 0 Å². The molecule has 0 unspecified atom stereocenters. The molecule has 4 nitrogen and oxygen atoms in total. The van der Waals surface area contributed by atoms with E-state index < -0.39 is 0 Å². The zero-order valence-corrected chi connectivity index (χ0v) is 12.0. The number of hydrogen-bond acceptors (Lipinski definition) is 4. The van der Waals surface area contributed by atoms with E-state index in [0.29, 0.717) is 25.0 Å². The van der Waals surface area contributed by atoms with Crippen LogP contribution in [-0.2, 0) is 19.1 Å². The van der Waals surface area contributed by atoms with Gasteiger partial charge < -0.3 is 9.47 Å². The number of alkyl halides is 2. The van der Waals surface area contributed by atoms with Gasteiger partial charge in [-0.3, -0.25) is 9.59 Å². The minimum Gasteiger partial charge on any atom is -0.466 e. The molecule has 0 N–H and O–H groups in total. The summed E-state index contributed by atoms with van der Waals surface area (Å²) in [6.07, 6.45) is 3.26. The van der Waals surface area contributed by atoms with E-state index in [9.17, 15) is 9.59 Å². The summed E-state index contributed by atoms with van der Waals surface area (Å²) in [5, 5.41) is 0. The standard InChI is InChI=1S/C12H20Cl2O4/c13-7-1-3-9-17-11(15)5-6-12(16)18-10-4-2-8-14/h1-10H2. The molecule has 0 fully saturated rings. The molecule has 106 valence electrons. The van der Waals surface area contributed by atoms with Crippen LogP contribution in [0.25, 0.3) is 0 Å². The number of unbranched alkanes of at least 4 members (excludes halogenated alkanes) is 2. The normalized spacial score (nSPS) is 10.1. The van der Waals surface area contributed by atoms with E-state index >= 15 is 0 Å². The van der Waals surface area contributed by atoms with Gasteiger partial charge in [-0.2, -0.15) is 0 Å². The van der Waals surface area contributed by atoms with Crippen LogP contribution in [0.2, 0.25) is 0 Å².